The normalized spacial score (nSPS) is 11.3. The molecule has 0 unspecified atom stereocenters. The first-order valence-electron chi connectivity index (χ1n) is 8.22. The molecule has 1 aromatic heterocycles. The zero-order valence-corrected chi connectivity index (χ0v) is 15.0. The molecule has 27 heavy (non-hydrogen) atoms. The van der Waals surface area contributed by atoms with Crippen molar-refractivity contribution in [2.75, 3.05) is 10.6 Å². The van der Waals surface area contributed by atoms with E-state index in [0.717, 1.165) is 28.4 Å². The van der Waals surface area contributed by atoms with Crippen LogP contribution in [0.25, 0.3) is 0 Å². The molecule has 0 fully saturated rings. The maximum Gasteiger partial charge on any atom is 0.418 e. The number of anilines is 4. The Morgan fingerprint density at radius 1 is 0.926 bits per heavy atom. The first-order valence-corrected chi connectivity index (χ1v) is 8.22. The minimum absolute atomic E-state index is 0.0286. The molecule has 2 aromatic carbocycles. The molecule has 0 radical (unpaired) electrons. The summed E-state index contributed by atoms with van der Waals surface area (Å²) in [6.07, 6.45) is -3.07. The second-order valence-corrected chi connectivity index (χ2v) is 6.23. The summed E-state index contributed by atoms with van der Waals surface area (Å²) in [4.78, 5) is 4.23. The lowest BCUT2D eigenvalue weighted by Gasteiger charge is -2.15. The Labute approximate surface area is 154 Å². The van der Waals surface area contributed by atoms with Crippen LogP contribution in [0.5, 0.6) is 0 Å². The van der Waals surface area contributed by atoms with Gasteiger partial charge in [0.2, 0.25) is 5.95 Å². The molecule has 0 amide bonds. The van der Waals surface area contributed by atoms with E-state index in [-0.39, 0.29) is 11.6 Å². The molecule has 0 aliphatic heterocycles. The zero-order chi connectivity index (χ0) is 19.6. The molecule has 0 aliphatic carbocycles. The number of rotatable bonds is 4. The summed E-state index contributed by atoms with van der Waals surface area (Å²) in [6, 6.07) is 9.21. The fourth-order valence-electron chi connectivity index (χ4n) is 2.88. The molecular weight excluding hydrogens is 355 g/mol. The number of alkyl halides is 3. The van der Waals surface area contributed by atoms with Gasteiger partial charge in [0, 0.05) is 5.69 Å². The fraction of sp³-hybridized carbons (Fsp3) is 0.211. The van der Waals surface area contributed by atoms with Crippen LogP contribution in [0.1, 0.15) is 22.3 Å². The molecular formula is C19H18F3N5. The third kappa shape index (κ3) is 4.33. The molecule has 2 N–H and O–H groups in total. The summed E-state index contributed by atoms with van der Waals surface area (Å²) in [5.74, 6) is 0.353. The number of nitrogens with zero attached hydrogens (tertiary/aromatic N) is 3. The summed E-state index contributed by atoms with van der Waals surface area (Å²) in [6.45, 7) is 5.95. The van der Waals surface area contributed by atoms with Crippen molar-refractivity contribution in [2.45, 2.75) is 26.9 Å². The number of hydrogen-bond donors (Lipinski definition) is 2. The van der Waals surface area contributed by atoms with Crippen LogP contribution < -0.4 is 10.6 Å². The van der Waals surface area contributed by atoms with Gasteiger partial charge in [-0.25, -0.2) is 0 Å². The molecule has 8 heteroatoms. The first kappa shape index (κ1) is 18.6. The highest BCUT2D eigenvalue weighted by Crippen LogP contribution is 2.35. The van der Waals surface area contributed by atoms with Crippen LogP contribution in [0.4, 0.5) is 36.3 Å². The lowest BCUT2D eigenvalue weighted by molar-refractivity contribution is -0.136. The van der Waals surface area contributed by atoms with Crippen molar-refractivity contribution in [3.8, 4) is 0 Å². The van der Waals surface area contributed by atoms with Gasteiger partial charge in [-0.1, -0.05) is 29.8 Å². The molecule has 0 spiro atoms. The molecule has 140 valence electrons. The number of para-hydroxylation sites is 1. The Bertz CT molecular complexity index is 947. The lowest BCUT2D eigenvalue weighted by atomic mass is 10.1. The van der Waals surface area contributed by atoms with Gasteiger partial charge in [-0.2, -0.15) is 23.3 Å². The summed E-state index contributed by atoms with van der Waals surface area (Å²) >= 11 is 0. The van der Waals surface area contributed by atoms with Crippen LogP contribution in [0, 0.1) is 20.8 Å². The van der Waals surface area contributed by atoms with E-state index in [1.807, 2.05) is 32.9 Å². The van der Waals surface area contributed by atoms with Gasteiger partial charge >= 0.3 is 6.18 Å². The summed E-state index contributed by atoms with van der Waals surface area (Å²) in [7, 11) is 0. The Kier molecular flexibility index (Phi) is 4.98. The molecule has 0 saturated heterocycles. The minimum atomic E-state index is -4.48. The van der Waals surface area contributed by atoms with E-state index in [4.69, 9.17) is 0 Å². The van der Waals surface area contributed by atoms with Crippen LogP contribution >= 0.6 is 0 Å². The van der Waals surface area contributed by atoms with Gasteiger partial charge in [-0.05, 0) is 44.0 Å². The number of aromatic nitrogens is 3. The third-order valence-corrected chi connectivity index (χ3v) is 3.97. The highest BCUT2D eigenvalue weighted by Gasteiger charge is 2.33. The molecule has 0 saturated carbocycles. The Hall–Kier alpha value is -3.16. The van der Waals surface area contributed by atoms with Crippen molar-refractivity contribution >= 4 is 23.1 Å². The Morgan fingerprint density at radius 2 is 1.59 bits per heavy atom. The maximum absolute atomic E-state index is 13.1. The minimum Gasteiger partial charge on any atom is -0.338 e. The second-order valence-electron chi connectivity index (χ2n) is 6.23. The third-order valence-electron chi connectivity index (χ3n) is 3.97. The monoisotopic (exact) mass is 373 g/mol. The Morgan fingerprint density at radius 3 is 2.26 bits per heavy atom. The summed E-state index contributed by atoms with van der Waals surface area (Å²) < 4.78 is 39.4. The van der Waals surface area contributed by atoms with Crippen molar-refractivity contribution in [3.63, 3.8) is 0 Å². The highest BCUT2D eigenvalue weighted by molar-refractivity contribution is 5.66. The van der Waals surface area contributed by atoms with E-state index in [1.54, 1.807) is 0 Å². The van der Waals surface area contributed by atoms with Crippen molar-refractivity contribution < 1.29 is 13.2 Å². The smallest absolute Gasteiger partial charge is 0.338 e. The molecule has 3 aromatic rings. The van der Waals surface area contributed by atoms with E-state index in [9.17, 15) is 13.2 Å². The number of aryl methyl sites for hydroxylation is 3. The first-order chi connectivity index (χ1) is 12.7. The zero-order valence-electron chi connectivity index (χ0n) is 15.0. The van der Waals surface area contributed by atoms with Gasteiger partial charge in [0.05, 0.1) is 17.4 Å². The van der Waals surface area contributed by atoms with Crippen LogP contribution in [0.2, 0.25) is 0 Å². The molecule has 3 rings (SSSR count). The molecule has 5 nitrogen and oxygen atoms in total. The van der Waals surface area contributed by atoms with Crippen molar-refractivity contribution in [1.82, 2.24) is 15.2 Å². The van der Waals surface area contributed by atoms with E-state index in [2.05, 4.69) is 25.8 Å². The topological polar surface area (TPSA) is 62.7 Å². The van der Waals surface area contributed by atoms with Gasteiger partial charge in [-0.15, -0.1) is 5.10 Å². The van der Waals surface area contributed by atoms with Gasteiger partial charge < -0.3 is 10.6 Å². The average molecular weight is 373 g/mol. The van der Waals surface area contributed by atoms with E-state index in [0.29, 0.717) is 5.82 Å². The van der Waals surface area contributed by atoms with Crippen molar-refractivity contribution in [1.29, 1.82) is 0 Å². The van der Waals surface area contributed by atoms with E-state index < -0.39 is 11.7 Å². The van der Waals surface area contributed by atoms with Crippen LogP contribution in [-0.2, 0) is 6.18 Å². The number of hydrogen-bond acceptors (Lipinski definition) is 5. The molecule has 0 aliphatic rings. The van der Waals surface area contributed by atoms with E-state index >= 15 is 0 Å². The lowest BCUT2D eigenvalue weighted by Crippen LogP contribution is -2.10. The largest absolute Gasteiger partial charge is 0.418 e. The molecule has 0 atom stereocenters. The second kappa shape index (κ2) is 7.22. The fourth-order valence-corrected chi connectivity index (χ4v) is 2.88. The maximum atomic E-state index is 13.1. The number of halogens is 3. The average Bonchev–Trinajstić information content (AvgIpc) is 2.58. The SMILES string of the molecule is Cc1cc(C)c(Nc2cnnc(Nc3ccccc3C(F)(F)F)n2)c(C)c1. The van der Waals surface area contributed by atoms with Crippen LogP contribution in [0.3, 0.4) is 0 Å². The molecule has 0 bridgehead atoms. The summed E-state index contributed by atoms with van der Waals surface area (Å²) in [5, 5.41) is 13.4. The van der Waals surface area contributed by atoms with Gasteiger partial charge in [0.1, 0.15) is 0 Å². The predicted molar refractivity (Wildman–Crippen MR) is 98.5 cm³/mol. The highest BCUT2D eigenvalue weighted by atomic mass is 19.4. The number of benzene rings is 2. The quantitative estimate of drug-likeness (QED) is 0.649. The standard InChI is InChI=1S/C19H18F3N5/c1-11-8-12(2)17(13(3)9-11)25-16-10-23-27-18(26-16)24-15-7-5-4-6-14(15)19(20,21)22/h4-10H,1-3H3,(H2,24,25,26,27). The predicted octanol–water partition coefficient (Wildman–Crippen LogP) is 5.30. The van der Waals surface area contributed by atoms with Gasteiger partial charge in [-0.3, -0.25) is 0 Å². The summed E-state index contributed by atoms with van der Waals surface area (Å²) in [5.41, 5.74) is 3.15. The van der Waals surface area contributed by atoms with E-state index in [1.165, 1.54) is 24.4 Å². The number of nitrogens with one attached hydrogen (secondary N) is 2. The Balaban J connectivity index is 1.88. The van der Waals surface area contributed by atoms with Crippen LogP contribution in [-0.4, -0.2) is 15.2 Å². The van der Waals surface area contributed by atoms with Gasteiger partial charge in [0.15, 0.2) is 5.82 Å². The molecule has 1 heterocycles. The van der Waals surface area contributed by atoms with Crippen molar-refractivity contribution in [3.05, 3.63) is 64.8 Å². The van der Waals surface area contributed by atoms with Crippen LogP contribution in [0.15, 0.2) is 42.6 Å². The van der Waals surface area contributed by atoms with Crippen molar-refractivity contribution in [2.24, 2.45) is 0 Å². The van der Waals surface area contributed by atoms with Gasteiger partial charge in [0.25, 0.3) is 0 Å².